The van der Waals surface area contributed by atoms with E-state index in [0.717, 1.165) is 16.7 Å². The summed E-state index contributed by atoms with van der Waals surface area (Å²) in [5.74, 6) is -0.372. The van der Waals surface area contributed by atoms with Crippen LogP contribution < -0.4 is 5.32 Å². The molecule has 0 atom stereocenters. The minimum absolute atomic E-state index is 0.372. The molecule has 2 aromatic carbocycles. The van der Waals surface area contributed by atoms with Gasteiger partial charge in [0, 0.05) is 5.69 Å². The van der Waals surface area contributed by atoms with Crippen molar-refractivity contribution in [3.8, 4) is 11.1 Å². The highest BCUT2D eigenvalue weighted by Crippen LogP contribution is 2.25. The van der Waals surface area contributed by atoms with Crippen LogP contribution in [0.15, 0.2) is 42.5 Å². The molecule has 0 aromatic heterocycles. The third-order valence-electron chi connectivity index (χ3n) is 3.36. The number of carbonyl (C=O) groups is 2. The van der Waals surface area contributed by atoms with Gasteiger partial charge in [-0.1, -0.05) is 18.2 Å². The van der Waals surface area contributed by atoms with E-state index < -0.39 is 11.7 Å². The molecular formula is C20H23NO4. The van der Waals surface area contributed by atoms with E-state index in [-0.39, 0.29) is 5.97 Å². The third-order valence-corrected chi connectivity index (χ3v) is 3.36. The molecule has 25 heavy (non-hydrogen) atoms. The summed E-state index contributed by atoms with van der Waals surface area (Å²) < 4.78 is 9.98. The Kier molecular flexibility index (Phi) is 5.47. The van der Waals surface area contributed by atoms with Gasteiger partial charge in [0.05, 0.1) is 12.7 Å². The summed E-state index contributed by atoms with van der Waals surface area (Å²) in [5, 5.41) is 2.75. The number of benzene rings is 2. The van der Waals surface area contributed by atoms with Crippen LogP contribution in [0.2, 0.25) is 0 Å². The van der Waals surface area contributed by atoms with Gasteiger partial charge in [-0.25, -0.2) is 9.59 Å². The third kappa shape index (κ3) is 5.35. The summed E-state index contributed by atoms with van der Waals surface area (Å²) in [6.45, 7) is 7.40. The van der Waals surface area contributed by atoms with Crippen LogP contribution in [-0.2, 0) is 9.47 Å². The number of aryl methyl sites for hydroxylation is 1. The largest absolute Gasteiger partial charge is 0.465 e. The van der Waals surface area contributed by atoms with Crippen molar-refractivity contribution in [2.24, 2.45) is 0 Å². The molecular weight excluding hydrogens is 318 g/mol. The van der Waals surface area contributed by atoms with Gasteiger partial charge in [-0.05, 0) is 68.7 Å². The van der Waals surface area contributed by atoms with Crippen molar-refractivity contribution in [3.05, 3.63) is 53.6 Å². The summed E-state index contributed by atoms with van der Waals surface area (Å²) >= 11 is 0. The second kappa shape index (κ2) is 7.38. The number of rotatable bonds is 3. The average molecular weight is 341 g/mol. The number of hydrogen-bond acceptors (Lipinski definition) is 4. The molecule has 5 nitrogen and oxygen atoms in total. The maximum atomic E-state index is 12.0. The lowest BCUT2D eigenvalue weighted by Crippen LogP contribution is -2.27. The van der Waals surface area contributed by atoms with Gasteiger partial charge in [-0.2, -0.15) is 0 Å². The van der Waals surface area contributed by atoms with Gasteiger partial charge in [-0.15, -0.1) is 0 Å². The summed E-state index contributed by atoms with van der Waals surface area (Å²) in [4.78, 5) is 23.5. The van der Waals surface area contributed by atoms with Crippen molar-refractivity contribution >= 4 is 17.7 Å². The van der Waals surface area contributed by atoms with Crippen molar-refractivity contribution in [1.82, 2.24) is 0 Å². The first-order valence-electron chi connectivity index (χ1n) is 7.98. The van der Waals surface area contributed by atoms with Crippen molar-refractivity contribution in [2.45, 2.75) is 33.3 Å². The molecule has 0 saturated carbocycles. The number of hydrogen-bond donors (Lipinski definition) is 1. The molecule has 1 N–H and O–H groups in total. The molecule has 0 heterocycles. The predicted molar refractivity (Wildman–Crippen MR) is 97.8 cm³/mol. The zero-order valence-electron chi connectivity index (χ0n) is 15.2. The lowest BCUT2D eigenvalue weighted by molar-refractivity contribution is 0.0598. The Balaban J connectivity index is 2.24. The summed E-state index contributed by atoms with van der Waals surface area (Å²) in [7, 11) is 1.35. The molecule has 1 amide bonds. The van der Waals surface area contributed by atoms with Crippen LogP contribution in [0.1, 0.15) is 36.7 Å². The fourth-order valence-electron chi connectivity index (χ4n) is 2.36. The molecule has 2 aromatic rings. The molecule has 0 radical (unpaired) electrons. The maximum absolute atomic E-state index is 12.0. The van der Waals surface area contributed by atoms with E-state index >= 15 is 0 Å². The molecule has 0 saturated heterocycles. The Morgan fingerprint density at radius 2 is 1.60 bits per heavy atom. The average Bonchev–Trinajstić information content (AvgIpc) is 2.51. The van der Waals surface area contributed by atoms with Crippen LogP contribution >= 0.6 is 0 Å². The minimum atomic E-state index is -0.555. The van der Waals surface area contributed by atoms with E-state index in [1.165, 1.54) is 7.11 Å². The van der Waals surface area contributed by atoms with E-state index in [1.54, 1.807) is 12.1 Å². The number of ether oxygens (including phenoxy) is 2. The first kappa shape index (κ1) is 18.5. The predicted octanol–water partition coefficient (Wildman–Crippen LogP) is 4.80. The van der Waals surface area contributed by atoms with E-state index in [4.69, 9.17) is 9.47 Å². The molecule has 0 aliphatic heterocycles. The second-order valence-corrected chi connectivity index (χ2v) is 6.78. The lowest BCUT2D eigenvalue weighted by atomic mass is 10.0. The number of anilines is 1. The van der Waals surface area contributed by atoms with Crippen LogP contribution in [-0.4, -0.2) is 24.8 Å². The van der Waals surface area contributed by atoms with Crippen LogP contribution in [0.5, 0.6) is 0 Å². The summed E-state index contributed by atoms with van der Waals surface area (Å²) in [5.41, 5.74) is 3.46. The molecule has 0 aliphatic carbocycles. The number of nitrogens with one attached hydrogen (secondary N) is 1. The van der Waals surface area contributed by atoms with Crippen molar-refractivity contribution in [2.75, 3.05) is 12.4 Å². The first-order valence-corrected chi connectivity index (χ1v) is 7.98. The van der Waals surface area contributed by atoms with Crippen molar-refractivity contribution < 1.29 is 19.1 Å². The van der Waals surface area contributed by atoms with Gasteiger partial charge in [0.25, 0.3) is 0 Å². The SMILES string of the molecule is COC(=O)c1ccc(-c2cc(C)cc(NC(=O)OC(C)(C)C)c2)cc1. The highest BCUT2D eigenvalue weighted by molar-refractivity contribution is 5.90. The zero-order valence-corrected chi connectivity index (χ0v) is 15.2. The second-order valence-electron chi connectivity index (χ2n) is 6.78. The molecule has 2 rings (SSSR count). The van der Waals surface area contributed by atoms with Crippen LogP contribution in [0.3, 0.4) is 0 Å². The standard InChI is InChI=1S/C20H23NO4/c1-13-10-16(14-6-8-15(9-7-14)18(22)24-5)12-17(11-13)21-19(23)25-20(2,3)4/h6-12H,1-5H3,(H,21,23). The highest BCUT2D eigenvalue weighted by Gasteiger charge is 2.16. The van der Waals surface area contributed by atoms with Gasteiger partial charge in [0.1, 0.15) is 5.60 Å². The molecule has 0 bridgehead atoms. The molecule has 0 unspecified atom stereocenters. The topological polar surface area (TPSA) is 64.6 Å². The monoisotopic (exact) mass is 341 g/mol. The maximum Gasteiger partial charge on any atom is 0.412 e. The number of amides is 1. The Hall–Kier alpha value is -2.82. The van der Waals surface area contributed by atoms with E-state index in [1.807, 2.05) is 58.0 Å². The van der Waals surface area contributed by atoms with Crippen molar-refractivity contribution in [3.63, 3.8) is 0 Å². The van der Waals surface area contributed by atoms with Gasteiger partial charge >= 0.3 is 12.1 Å². The van der Waals surface area contributed by atoms with Crippen LogP contribution in [0.4, 0.5) is 10.5 Å². The fraction of sp³-hybridized carbons (Fsp3) is 0.300. The number of methoxy groups -OCH3 is 1. The van der Waals surface area contributed by atoms with Crippen LogP contribution in [0, 0.1) is 6.92 Å². The molecule has 0 aliphatic rings. The minimum Gasteiger partial charge on any atom is -0.465 e. The normalized spacial score (nSPS) is 10.9. The quantitative estimate of drug-likeness (QED) is 0.815. The summed E-state index contributed by atoms with van der Waals surface area (Å²) in [6.07, 6.45) is -0.495. The van der Waals surface area contributed by atoms with Gasteiger partial charge in [0.2, 0.25) is 0 Å². The molecule has 0 spiro atoms. The Morgan fingerprint density at radius 1 is 0.960 bits per heavy atom. The van der Waals surface area contributed by atoms with Gasteiger partial charge < -0.3 is 9.47 Å². The Bertz CT molecular complexity index is 773. The number of esters is 1. The van der Waals surface area contributed by atoms with Gasteiger partial charge in [-0.3, -0.25) is 5.32 Å². The Morgan fingerprint density at radius 3 is 2.16 bits per heavy atom. The van der Waals surface area contributed by atoms with E-state index in [0.29, 0.717) is 11.3 Å². The first-order chi connectivity index (χ1) is 11.7. The smallest absolute Gasteiger partial charge is 0.412 e. The van der Waals surface area contributed by atoms with E-state index in [9.17, 15) is 9.59 Å². The summed E-state index contributed by atoms with van der Waals surface area (Å²) in [6, 6.07) is 12.9. The number of carbonyl (C=O) groups excluding carboxylic acids is 2. The van der Waals surface area contributed by atoms with Crippen LogP contribution in [0.25, 0.3) is 11.1 Å². The Labute approximate surface area is 148 Å². The highest BCUT2D eigenvalue weighted by atomic mass is 16.6. The molecule has 0 fully saturated rings. The van der Waals surface area contributed by atoms with E-state index in [2.05, 4.69) is 5.32 Å². The lowest BCUT2D eigenvalue weighted by Gasteiger charge is -2.20. The van der Waals surface area contributed by atoms with Crippen molar-refractivity contribution in [1.29, 1.82) is 0 Å². The molecule has 5 heteroatoms. The zero-order chi connectivity index (χ0) is 18.6. The fourth-order valence-corrected chi connectivity index (χ4v) is 2.36. The van der Waals surface area contributed by atoms with Gasteiger partial charge in [0.15, 0.2) is 0 Å². The molecule has 132 valence electrons.